The van der Waals surface area contributed by atoms with E-state index >= 15 is 0 Å². The molecule has 0 bridgehead atoms. The van der Waals surface area contributed by atoms with Gasteiger partial charge in [-0.3, -0.25) is 4.99 Å². The largest absolute Gasteiger partial charge is 0.382 e. The van der Waals surface area contributed by atoms with Crippen molar-refractivity contribution >= 4 is 41.3 Å². The van der Waals surface area contributed by atoms with Crippen LogP contribution in [0.5, 0.6) is 0 Å². The molecule has 1 aromatic heterocycles. The summed E-state index contributed by atoms with van der Waals surface area (Å²) in [6, 6.07) is 0. The lowest BCUT2D eigenvalue weighted by atomic mass is 9.83. The first-order chi connectivity index (χ1) is 12.1. The van der Waals surface area contributed by atoms with Crippen molar-refractivity contribution in [3.05, 3.63) is 16.1 Å². The van der Waals surface area contributed by atoms with Crippen LogP contribution in [0.25, 0.3) is 0 Å². The van der Waals surface area contributed by atoms with Crippen LogP contribution >= 0.6 is 35.3 Å². The highest BCUT2D eigenvalue weighted by Gasteiger charge is 2.33. The molecule has 0 amide bonds. The van der Waals surface area contributed by atoms with E-state index in [4.69, 9.17) is 4.74 Å². The van der Waals surface area contributed by atoms with E-state index < -0.39 is 0 Å². The van der Waals surface area contributed by atoms with Gasteiger partial charge in [0.05, 0.1) is 17.2 Å². The van der Waals surface area contributed by atoms with Gasteiger partial charge in [-0.25, -0.2) is 4.98 Å². The van der Waals surface area contributed by atoms with Crippen molar-refractivity contribution in [2.24, 2.45) is 10.4 Å². The maximum Gasteiger partial charge on any atom is 0.191 e. The second kappa shape index (κ2) is 12.1. The normalized spacial score (nSPS) is 16.6. The fourth-order valence-corrected chi connectivity index (χ4v) is 4.24. The second-order valence-corrected chi connectivity index (χ2v) is 8.15. The van der Waals surface area contributed by atoms with Crippen LogP contribution in [0.4, 0.5) is 0 Å². The van der Waals surface area contributed by atoms with Gasteiger partial charge in [-0.2, -0.15) is 0 Å². The van der Waals surface area contributed by atoms with Crippen molar-refractivity contribution in [1.82, 2.24) is 15.6 Å². The van der Waals surface area contributed by atoms with E-state index in [0.29, 0.717) is 11.3 Å². The summed E-state index contributed by atoms with van der Waals surface area (Å²) in [5.41, 5.74) is 1.45. The smallest absolute Gasteiger partial charge is 0.191 e. The van der Waals surface area contributed by atoms with Gasteiger partial charge in [-0.05, 0) is 31.6 Å². The molecule has 7 heteroatoms. The predicted molar refractivity (Wildman–Crippen MR) is 122 cm³/mol. The minimum Gasteiger partial charge on any atom is -0.382 e. The Morgan fingerprint density at radius 3 is 2.65 bits per heavy atom. The molecule has 1 aromatic rings. The zero-order valence-corrected chi connectivity index (χ0v) is 19.8. The molecule has 150 valence electrons. The average molecular weight is 494 g/mol. The maximum atomic E-state index is 5.60. The molecule has 1 heterocycles. The summed E-state index contributed by atoms with van der Waals surface area (Å²) in [5, 5.41) is 10.3. The molecule has 0 saturated heterocycles. The fraction of sp³-hybridized carbons (Fsp3) is 0.789. The topological polar surface area (TPSA) is 58.5 Å². The molecule has 0 spiro atoms. The molecule has 1 fully saturated rings. The first kappa shape index (κ1) is 23.6. The van der Waals surface area contributed by atoms with Gasteiger partial charge < -0.3 is 15.4 Å². The van der Waals surface area contributed by atoms with E-state index in [2.05, 4.69) is 46.8 Å². The molecule has 1 aliphatic carbocycles. The van der Waals surface area contributed by atoms with Gasteiger partial charge in [0.2, 0.25) is 0 Å². The van der Waals surface area contributed by atoms with E-state index in [-0.39, 0.29) is 24.0 Å². The fourth-order valence-electron chi connectivity index (χ4n) is 3.41. The first-order valence-corrected chi connectivity index (χ1v) is 10.4. The minimum atomic E-state index is 0. The Morgan fingerprint density at radius 2 is 2.08 bits per heavy atom. The van der Waals surface area contributed by atoms with Crippen molar-refractivity contribution in [3.63, 3.8) is 0 Å². The monoisotopic (exact) mass is 494 g/mol. The second-order valence-electron chi connectivity index (χ2n) is 7.27. The predicted octanol–water partition coefficient (Wildman–Crippen LogP) is 4.54. The van der Waals surface area contributed by atoms with E-state index in [1.54, 1.807) is 11.3 Å². The summed E-state index contributed by atoms with van der Waals surface area (Å²) in [4.78, 5) is 9.05. The SMILES string of the molecule is CCOCCC1(CNC(=NC)NCc2csc(C(C)C)n2)CCCC1.I. The third kappa shape index (κ3) is 7.31. The highest BCUT2D eigenvalue weighted by Crippen LogP contribution is 2.40. The minimum absolute atomic E-state index is 0. The highest BCUT2D eigenvalue weighted by molar-refractivity contribution is 14.0. The van der Waals surface area contributed by atoms with Crippen LogP contribution in [0.1, 0.15) is 69.5 Å². The summed E-state index contributed by atoms with van der Waals surface area (Å²) >= 11 is 1.74. The number of rotatable bonds is 9. The highest BCUT2D eigenvalue weighted by atomic mass is 127. The Kier molecular flexibility index (Phi) is 11.0. The molecule has 0 aliphatic heterocycles. The van der Waals surface area contributed by atoms with Crippen molar-refractivity contribution in [2.75, 3.05) is 26.8 Å². The number of hydrogen-bond donors (Lipinski definition) is 2. The van der Waals surface area contributed by atoms with Crippen LogP contribution in [0, 0.1) is 5.41 Å². The Morgan fingerprint density at radius 1 is 1.35 bits per heavy atom. The van der Waals surface area contributed by atoms with E-state index in [9.17, 15) is 0 Å². The molecule has 26 heavy (non-hydrogen) atoms. The molecular weight excluding hydrogens is 459 g/mol. The molecule has 1 saturated carbocycles. The number of guanidine groups is 1. The van der Waals surface area contributed by atoms with Crippen LogP contribution in [-0.2, 0) is 11.3 Å². The van der Waals surface area contributed by atoms with Crippen LogP contribution in [0.3, 0.4) is 0 Å². The number of ether oxygens (including phenoxy) is 1. The van der Waals surface area contributed by atoms with Crippen LogP contribution in [0.2, 0.25) is 0 Å². The number of aromatic nitrogens is 1. The zero-order chi connectivity index (χ0) is 18.1. The maximum absolute atomic E-state index is 5.60. The van der Waals surface area contributed by atoms with E-state index in [1.807, 2.05) is 7.05 Å². The third-order valence-electron chi connectivity index (χ3n) is 5.00. The lowest BCUT2D eigenvalue weighted by molar-refractivity contribution is 0.105. The van der Waals surface area contributed by atoms with Crippen LogP contribution in [0.15, 0.2) is 10.4 Å². The van der Waals surface area contributed by atoms with Gasteiger partial charge in [0.25, 0.3) is 0 Å². The van der Waals surface area contributed by atoms with E-state index in [1.165, 1.54) is 30.7 Å². The molecule has 0 atom stereocenters. The standard InChI is InChI=1S/C19H34N4OS.HI/c1-5-24-11-10-19(8-6-7-9-19)14-22-18(20-4)21-12-16-13-25-17(23-16)15(2)3;/h13,15H,5-12,14H2,1-4H3,(H2,20,21,22);1H. The molecule has 0 unspecified atom stereocenters. The zero-order valence-electron chi connectivity index (χ0n) is 16.6. The number of hydrogen-bond acceptors (Lipinski definition) is 4. The lowest BCUT2D eigenvalue weighted by Crippen LogP contribution is -2.43. The molecule has 1 aliphatic rings. The first-order valence-electron chi connectivity index (χ1n) is 9.55. The lowest BCUT2D eigenvalue weighted by Gasteiger charge is -2.30. The molecule has 5 nitrogen and oxygen atoms in total. The Balaban J connectivity index is 0.00000338. The number of nitrogens with zero attached hydrogens (tertiary/aromatic N) is 2. The number of halogens is 1. The van der Waals surface area contributed by atoms with Gasteiger partial charge in [-0.15, -0.1) is 35.3 Å². The number of aliphatic imine (C=N–C) groups is 1. The van der Waals surface area contributed by atoms with Gasteiger partial charge in [0.15, 0.2) is 5.96 Å². The number of thiazole rings is 1. The quantitative estimate of drug-likeness (QED) is 0.229. The number of nitrogens with one attached hydrogen (secondary N) is 2. The summed E-state index contributed by atoms with van der Waals surface area (Å²) in [5.74, 6) is 1.35. The van der Waals surface area contributed by atoms with E-state index in [0.717, 1.165) is 44.4 Å². The molecule has 2 N–H and O–H groups in total. The van der Waals surface area contributed by atoms with Gasteiger partial charge in [0.1, 0.15) is 0 Å². The van der Waals surface area contributed by atoms with Gasteiger partial charge in [-0.1, -0.05) is 26.7 Å². The third-order valence-corrected chi connectivity index (χ3v) is 6.19. The van der Waals surface area contributed by atoms with Crippen LogP contribution < -0.4 is 10.6 Å². The Hall–Kier alpha value is -0.410. The molecule has 0 aromatic carbocycles. The summed E-state index contributed by atoms with van der Waals surface area (Å²) in [7, 11) is 1.83. The van der Waals surface area contributed by atoms with Crippen molar-refractivity contribution in [1.29, 1.82) is 0 Å². The Bertz CT molecular complexity index is 541. The summed E-state index contributed by atoms with van der Waals surface area (Å²) < 4.78 is 5.60. The van der Waals surface area contributed by atoms with Gasteiger partial charge >= 0.3 is 0 Å². The molecular formula is C19H35IN4OS. The Labute approximate surface area is 179 Å². The average Bonchev–Trinajstić information content (AvgIpc) is 3.25. The van der Waals surface area contributed by atoms with Crippen molar-refractivity contribution < 1.29 is 4.74 Å². The summed E-state index contributed by atoms with van der Waals surface area (Å²) in [6.45, 7) is 9.77. The van der Waals surface area contributed by atoms with Crippen molar-refractivity contribution in [3.8, 4) is 0 Å². The van der Waals surface area contributed by atoms with Crippen LogP contribution in [-0.4, -0.2) is 37.7 Å². The summed E-state index contributed by atoms with van der Waals surface area (Å²) in [6.07, 6.45) is 6.36. The molecule has 2 rings (SSSR count). The molecule has 0 radical (unpaired) electrons. The van der Waals surface area contributed by atoms with Crippen molar-refractivity contribution in [2.45, 2.75) is 65.3 Å². The van der Waals surface area contributed by atoms with Gasteiger partial charge in [0, 0.05) is 38.1 Å².